The van der Waals surface area contributed by atoms with Crippen LogP contribution in [0.15, 0.2) is 41.6 Å². The number of halogens is 1. The van der Waals surface area contributed by atoms with E-state index >= 15 is 0 Å². The molecule has 1 aliphatic heterocycles. The number of ether oxygens (including phenoxy) is 1. The molecule has 1 aromatic carbocycles. The molecule has 2 fully saturated rings. The van der Waals surface area contributed by atoms with Crippen LogP contribution >= 0.6 is 11.6 Å². The molecule has 1 aliphatic carbocycles. The van der Waals surface area contributed by atoms with E-state index in [0.717, 1.165) is 55.4 Å². The Bertz CT molecular complexity index is 943. The summed E-state index contributed by atoms with van der Waals surface area (Å²) in [5.74, 6) is 3.97. The van der Waals surface area contributed by atoms with Crippen molar-refractivity contribution >= 4 is 21.4 Å². The van der Waals surface area contributed by atoms with Crippen LogP contribution in [0.5, 0.6) is 5.75 Å². The Morgan fingerprint density at radius 3 is 2.43 bits per heavy atom. The van der Waals surface area contributed by atoms with Gasteiger partial charge >= 0.3 is 0 Å². The van der Waals surface area contributed by atoms with Gasteiger partial charge in [-0.15, -0.1) is 0 Å². The molecule has 0 amide bonds. The normalized spacial score (nSPS) is 22.7. The fraction of sp³-hybridized carbons (Fsp3) is 0.545. The predicted octanol–water partition coefficient (Wildman–Crippen LogP) is 3.85. The van der Waals surface area contributed by atoms with Crippen LogP contribution in [0.4, 0.5) is 0 Å². The molecule has 2 atom stereocenters. The average Bonchev–Trinajstić information content (AvgIpc) is 3.50. The van der Waals surface area contributed by atoms with Crippen LogP contribution in [-0.2, 0) is 16.4 Å². The van der Waals surface area contributed by atoms with Gasteiger partial charge in [-0.25, -0.2) is 18.4 Å². The van der Waals surface area contributed by atoms with Crippen molar-refractivity contribution in [2.45, 2.75) is 37.1 Å². The predicted molar refractivity (Wildman–Crippen MR) is 116 cm³/mol. The summed E-state index contributed by atoms with van der Waals surface area (Å²) in [6.45, 7) is 3.68. The summed E-state index contributed by atoms with van der Waals surface area (Å²) in [7, 11) is -3.16. The van der Waals surface area contributed by atoms with Crippen LogP contribution in [0.2, 0.25) is 5.02 Å². The van der Waals surface area contributed by atoms with Gasteiger partial charge in [0.05, 0.1) is 23.1 Å². The fourth-order valence-corrected chi connectivity index (χ4v) is 5.18. The zero-order chi connectivity index (χ0) is 21.1. The van der Waals surface area contributed by atoms with E-state index in [2.05, 4.69) is 14.9 Å². The Labute approximate surface area is 183 Å². The SMILES string of the molecule is CS(=O)(=O)c1ccc(OCCC2CC2C2CCN(Cc3ncc(Cl)cn3)CC2)cc1. The van der Waals surface area contributed by atoms with Gasteiger partial charge in [-0.05, 0) is 80.8 Å². The van der Waals surface area contributed by atoms with Gasteiger partial charge in [-0.3, -0.25) is 4.90 Å². The van der Waals surface area contributed by atoms with E-state index in [1.165, 1.54) is 25.5 Å². The van der Waals surface area contributed by atoms with Crippen molar-refractivity contribution in [2.24, 2.45) is 17.8 Å². The highest BCUT2D eigenvalue weighted by Crippen LogP contribution is 2.49. The summed E-state index contributed by atoms with van der Waals surface area (Å²) in [4.78, 5) is 11.4. The lowest BCUT2D eigenvalue weighted by Gasteiger charge is -2.31. The second-order valence-corrected chi connectivity index (χ2v) is 10.9. The molecule has 2 aliphatic rings. The molecule has 1 saturated carbocycles. The molecule has 0 radical (unpaired) electrons. The van der Waals surface area contributed by atoms with Crippen molar-refractivity contribution < 1.29 is 13.2 Å². The van der Waals surface area contributed by atoms with E-state index in [1.807, 2.05) is 0 Å². The Kier molecular flexibility index (Phi) is 6.60. The van der Waals surface area contributed by atoms with Crippen LogP contribution < -0.4 is 4.74 Å². The van der Waals surface area contributed by atoms with E-state index < -0.39 is 9.84 Å². The number of rotatable bonds is 8. The maximum absolute atomic E-state index is 11.5. The molecule has 4 rings (SSSR count). The quantitative estimate of drug-likeness (QED) is 0.609. The molecule has 0 spiro atoms. The van der Waals surface area contributed by atoms with Crippen molar-refractivity contribution in [3.63, 3.8) is 0 Å². The molecular formula is C22H28ClN3O3S. The van der Waals surface area contributed by atoms with Crippen LogP contribution in [0.1, 0.15) is 31.5 Å². The van der Waals surface area contributed by atoms with Gasteiger partial charge in [0, 0.05) is 18.6 Å². The summed E-state index contributed by atoms with van der Waals surface area (Å²) in [5, 5.41) is 0.576. The van der Waals surface area contributed by atoms with Gasteiger partial charge in [0.2, 0.25) is 0 Å². The number of nitrogens with zero attached hydrogens (tertiary/aromatic N) is 3. The summed E-state index contributed by atoms with van der Waals surface area (Å²) in [6.07, 6.45) is 9.39. The van der Waals surface area contributed by atoms with Crippen molar-refractivity contribution in [3.8, 4) is 5.75 Å². The van der Waals surface area contributed by atoms with Crippen molar-refractivity contribution in [2.75, 3.05) is 26.0 Å². The molecule has 0 N–H and O–H groups in total. The molecule has 162 valence electrons. The monoisotopic (exact) mass is 449 g/mol. The van der Waals surface area contributed by atoms with E-state index in [9.17, 15) is 8.42 Å². The third-order valence-corrected chi connectivity index (χ3v) is 7.59. The summed E-state index contributed by atoms with van der Waals surface area (Å²) < 4.78 is 28.8. The topological polar surface area (TPSA) is 72.4 Å². The Morgan fingerprint density at radius 1 is 1.13 bits per heavy atom. The third-order valence-electron chi connectivity index (χ3n) is 6.26. The largest absolute Gasteiger partial charge is 0.494 e. The fourth-order valence-electron chi connectivity index (χ4n) is 4.45. The second-order valence-electron chi connectivity index (χ2n) is 8.47. The maximum atomic E-state index is 11.5. The molecule has 1 saturated heterocycles. The van der Waals surface area contributed by atoms with Gasteiger partial charge in [-0.1, -0.05) is 11.6 Å². The first-order chi connectivity index (χ1) is 14.4. The minimum Gasteiger partial charge on any atom is -0.494 e. The van der Waals surface area contributed by atoms with Crippen molar-refractivity contribution in [3.05, 3.63) is 47.5 Å². The summed E-state index contributed by atoms with van der Waals surface area (Å²) >= 11 is 5.85. The zero-order valence-electron chi connectivity index (χ0n) is 17.2. The molecule has 2 aromatic rings. The first-order valence-corrected chi connectivity index (χ1v) is 12.8. The number of piperidine rings is 1. The van der Waals surface area contributed by atoms with Gasteiger partial charge in [0.1, 0.15) is 11.6 Å². The number of likely N-dealkylation sites (tertiary alicyclic amines) is 1. The number of sulfone groups is 1. The van der Waals surface area contributed by atoms with Gasteiger partial charge in [0.15, 0.2) is 9.84 Å². The molecule has 2 unspecified atom stereocenters. The molecule has 6 nitrogen and oxygen atoms in total. The molecule has 1 aromatic heterocycles. The van der Waals surface area contributed by atoms with Gasteiger partial charge < -0.3 is 4.74 Å². The van der Waals surface area contributed by atoms with Crippen LogP contribution in [0, 0.1) is 17.8 Å². The van der Waals surface area contributed by atoms with E-state index in [0.29, 0.717) is 16.5 Å². The van der Waals surface area contributed by atoms with Gasteiger partial charge in [0.25, 0.3) is 0 Å². The minimum absolute atomic E-state index is 0.325. The highest BCUT2D eigenvalue weighted by atomic mass is 35.5. The lowest BCUT2D eigenvalue weighted by molar-refractivity contribution is 0.158. The van der Waals surface area contributed by atoms with Crippen molar-refractivity contribution in [1.82, 2.24) is 14.9 Å². The lowest BCUT2D eigenvalue weighted by atomic mass is 9.90. The lowest BCUT2D eigenvalue weighted by Crippen LogP contribution is -2.34. The van der Waals surface area contributed by atoms with Gasteiger partial charge in [-0.2, -0.15) is 0 Å². The standard InChI is InChI=1S/C22H28ClN3O3S/c1-30(27,28)20-4-2-19(3-5-20)29-11-8-17-12-21(17)16-6-9-26(10-7-16)15-22-24-13-18(23)14-25-22/h2-5,13-14,16-17,21H,6-12,15H2,1H3. The smallest absolute Gasteiger partial charge is 0.175 e. The summed E-state index contributed by atoms with van der Waals surface area (Å²) in [5.41, 5.74) is 0. The van der Waals surface area contributed by atoms with E-state index in [-0.39, 0.29) is 0 Å². The average molecular weight is 450 g/mol. The summed E-state index contributed by atoms with van der Waals surface area (Å²) in [6, 6.07) is 6.68. The van der Waals surface area contributed by atoms with Crippen LogP contribution in [0.3, 0.4) is 0 Å². The number of benzene rings is 1. The maximum Gasteiger partial charge on any atom is 0.175 e. The van der Waals surface area contributed by atoms with E-state index in [1.54, 1.807) is 36.7 Å². The minimum atomic E-state index is -3.16. The van der Waals surface area contributed by atoms with Crippen molar-refractivity contribution in [1.29, 1.82) is 0 Å². The first kappa shape index (κ1) is 21.5. The third kappa shape index (κ3) is 5.71. The van der Waals surface area contributed by atoms with E-state index in [4.69, 9.17) is 16.3 Å². The van der Waals surface area contributed by atoms with Crippen LogP contribution in [0.25, 0.3) is 0 Å². The second kappa shape index (κ2) is 9.20. The highest BCUT2D eigenvalue weighted by molar-refractivity contribution is 7.90. The number of hydrogen-bond acceptors (Lipinski definition) is 6. The Hall–Kier alpha value is -1.70. The zero-order valence-corrected chi connectivity index (χ0v) is 18.8. The molecule has 30 heavy (non-hydrogen) atoms. The Balaban J connectivity index is 1.15. The first-order valence-electron chi connectivity index (χ1n) is 10.5. The number of hydrogen-bond donors (Lipinski definition) is 0. The molecule has 2 heterocycles. The molecule has 0 bridgehead atoms. The Morgan fingerprint density at radius 2 is 1.80 bits per heavy atom. The van der Waals surface area contributed by atoms with Crippen LogP contribution in [-0.4, -0.2) is 49.2 Å². The highest BCUT2D eigenvalue weighted by Gasteiger charge is 2.43. The molecular weight excluding hydrogens is 422 g/mol. The molecule has 8 heteroatoms. The number of aromatic nitrogens is 2.